The van der Waals surface area contributed by atoms with Crippen LogP contribution in [0.1, 0.15) is 25.5 Å². The second kappa shape index (κ2) is 8.77. The molecular weight excluding hydrogens is 358 g/mol. The molecule has 0 fully saturated rings. The van der Waals surface area contributed by atoms with Crippen LogP contribution in [-0.2, 0) is 4.79 Å². The SMILES string of the molecule is COc1cccc(-n2ccnc2SC(C)C(=O)NC(C)c2ccccc2)c1. The summed E-state index contributed by atoms with van der Waals surface area (Å²) in [5.41, 5.74) is 2.03. The Kier molecular flexibility index (Phi) is 6.19. The van der Waals surface area contributed by atoms with Crippen LogP contribution >= 0.6 is 11.8 Å². The number of hydrogen-bond acceptors (Lipinski definition) is 4. The lowest BCUT2D eigenvalue weighted by molar-refractivity contribution is -0.120. The maximum atomic E-state index is 12.6. The molecule has 0 spiro atoms. The van der Waals surface area contributed by atoms with E-state index in [4.69, 9.17) is 4.74 Å². The largest absolute Gasteiger partial charge is 0.497 e. The van der Waals surface area contributed by atoms with E-state index >= 15 is 0 Å². The number of carbonyl (C=O) groups is 1. The maximum Gasteiger partial charge on any atom is 0.233 e. The first-order valence-electron chi connectivity index (χ1n) is 8.78. The van der Waals surface area contributed by atoms with Crippen LogP contribution in [0.2, 0.25) is 0 Å². The van der Waals surface area contributed by atoms with Gasteiger partial charge in [-0.1, -0.05) is 48.2 Å². The van der Waals surface area contributed by atoms with Gasteiger partial charge in [-0.2, -0.15) is 0 Å². The van der Waals surface area contributed by atoms with Gasteiger partial charge in [-0.3, -0.25) is 9.36 Å². The van der Waals surface area contributed by atoms with Crippen LogP contribution in [0, 0.1) is 0 Å². The van der Waals surface area contributed by atoms with Gasteiger partial charge in [0, 0.05) is 18.5 Å². The van der Waals surface area contributed by atoms with Gasteiger partial charge < -0.3 is 10.1 Å². The minimum atomic E-state index is -0.275. The van der Waals surface area contributed by atoms with Gasteiger partial charge in [-0.15, -0.1) is 0 Å². The number of nitrogens with zero attached hydrogens (tertiary/aromatic N) is 2. The highest BCUT2D eigenvalue weighted by molar-refractivity contribution is 8.00. The third-order valence-electron chi connectivity index (χ3n) is 4.25. The predicted molar refractivity (Wildman–Crippen MR) is 108 cm³/mol. The highest BCUT2D eigenvalue weighted by atomic mass is 32.2. The molecule has 2 aromatic carbocycles. The molecule has 2 unspecified atom stereocenters. The molecule has 0 aliphatic carbocycles. The fraction of sp³-hybridized carbons (Fsp3) is 0.238. The molecule has 0 radical (unpaired) electrons. The molecule has 1 aromatic heterocycles. The van der Waals surface area contributed by atoms with Crippen molar-refractivity contribution < 1.29 is 9.53 Å². The first-order valence-corrected chi connectivity index (χ1v) is 9.66. The zero-order valence-electron chi connectivity index (χ0n) is 15.6. The lowest BCUT2D eigenvalue weighted by Gasteiger charge is -2.18. The fourth-order valence-electron chi connectivity index (χ4n) is 2.70. The monoisotopic (exact) mass is 381 g/mol. The highest BCUT2D eigenvalue weighted by Gasteiger charge is 2.20. The number of nitrogens with one attached hydrogen (secondary N) is 1. The summed E-state index contributed by atoms with van der Waals surface area (Å²) in [5, 5.41) is 3.56. The minimum Gasteiger partial charge on any atom is -0.497 e. The Morgan fingerprint density at radius 3 is 2.67 bits per heavy atom. The number of amides is 1. The first kappa shape index (κ1) is 19.0. The van der Waals surface area contributed by atoms with Crippen LogP contribution < -0.4 is 10.1 Å². The van der Waals surface area contributed by atoms with Gasteiger partial charge in [0.05, 0.1) is 24.1 Å². The van der Waals surface area contributed by atoms with E-state index in [2.05, 4.69) is 10.3 Å². The van der Waals surface area contributed by atoms with Crippen molar-refractivity contribution in [1.82, 2.24) is 14.9 Å². The molecule has 0 bridgehead atoms. The third-order valence-corrected chi connectivity index (χ3v) is 5.33. The normalized spacial score (nSPS) is 13.0. The molecule has 5 nitrogen and oxygen atoms in total. The van der Waals surface area contributed by atoms with E-state index < -0.39 is 0 Å². The van der Waals surface area contributed by atoms with Gasteiger partial charge in [-0.05, 0) is 31.5 Å². The van der Waals surface area contributed by atoms with Crippen molar-refractivity contribution in [2.24, 2.45) is 0 Å². The van der Waals surface area contributed by atoms with Crippen molar-refractivity contribution in [3.8, 4) is 11.4 Å². The van der Waals surface area contributed by atoms with E-state index in [0.717, 1.165) is 22.2 Å². The summed E-state index contributed by atoms with van der Waals surface area (Å²) < 4.78 is 7.25. The quantitative estimate of drug-likeness (QED) is 0.622. The molecule has 0 saturated carbocycles. The van der Waals surface area contributed by atoms with Crippen molar-refractivity contribution in [3.05, 3.63) is 72.6 Å². The first-order chi connectivity index (χ1) is 13.1. The molecule has 3 aromatic rings. The summed E-state index contributed by atoms with van der Waals surface area (Å²) >= 11 is 1.43. The summed E-state index contributed by atoms with van der Waals surface area (Å²) in [6.07, 6.45) is 3.62. The number of methoxy groups -OCH3 is 1. The van der Waals surface area contributed by atoms with Gasteiger partial charge in [0.1, 0.15) is 5.75 Å². The number of imidazole rings is 1. The number of hydrogen-bond donors (Lipinski definition) is 1. The highest BCUT2D eigenvalue weighted by Crippen LogP contribution is 2.26. The zero-order valence-corrected chi connectivity index (χ0v) is 16.4. The molecule has 0 aliphatic rings. The number of carbonyl (C=O) groups excluding carboxylic acids is 1. The van der Waals surface area contributed by atoms with E-state index in [1.165, 1.54) is 11.8 Å². The van der Waals surface area contributed by atoms with Crippen LogP contribution in [0.4, 0.5) is 0 Å². The average Bonchev–Trinajstić information content (AvgIpc) is 3.16. The predicted octanol–water partition coefficient (Wildman–Crippen LogP) is 4.24. The smallest absolute Gasteiger partial charge is 0.233 e. The molecule has 1 amide bonds. The Labute approximate surface area is 163 Å². The van der Waals surface area contributed by atoms with Crippen LogP contribution in [0.25, 0.3) is 5.69 Å². The van der Waals surface area contributed by atoms with Crippen LogP contribution in [-0.4, -0.2) is 27.8 Å². The van der Waals surface area contributed by atoms with Gasteiger partial charge in [0.2, 0.25) is 5.91 Å². The average molecular weight is 382 g/mol. The van der Waals surface area contributed by atoms with Crippen molar-refractivity contribution in [3.63, 3.8) is 0 Å². The van der Waals surface area contributed by atoms with E-state index in [1.807, 2.05) is 79.2 Å². The summed E-state index contributed by atoms with van der Waals surface area (Å²) in [4.78, 5) is 17.0. The molecule has 0 aliphatic heterocycles. The van der Waals surface area contributed by atoms with E-state index in [1.54, 1.807) is 13.3 Å². The minimum absolute atomic E-state index is 0.0171. The van der Waals surface area contributed by atoms with Crippen LogP contribution in [0.15, 0.2) is 72.1 Å². The second-order valence-electron chi connectivity index (χ2n) is 6.18. The van der Waals surface area contributed by atoms with Crippen molar-refractivity contribution in [2.45, 2.75) is 30.3 Å². The lowest BCUT2D eigenvalue weighted by Crippen LogP contribution is -2.33. The lowest BCUT2D eigenvalue weighted by atomic mass is 10.1. The number of benzene rings is 2. The molecular formula is C21H23N3O2S. The van der Waals surface area contributed by atoms with Gasteiger partial charge in [-0.25, -0.2) is 4.98 Å². The molecule has 3 rings (SSSR count). The van der Waals surface area contributed by atoms with Crippen molar-refractivity contribution >= 4 is 17.7 Å². The third kappa shape index (κ3) is 4.71. The summed E-state index contributed by atoms with van der Waals surface area (Å²) in [6.45, 7) is 3.88. The zero-order chi connectivity index (χ0) is 19.2. The number of aromatic nitrogens is 2. The van der Waals surface area contributed by atoms with Crippen LogP contribution in [0.5, 0.6) is 5.75 Å². The number of ether oxygens (including phenoxy) is 1. The fourth-order valence-corrected chi connectivity index (χ4v) is 3.59. The second-order valence-corrected chi connectivity index (χ2v) is 7.49. The van der Waals surface area contributed by atoms with Crippen LogP contribution in [0.3, 0.4) is 0 Å². The Morgan fingerprint density at radius 2 is 1.93 bits per heavy atom. The molecule has 1 heterocycles. The van der Waals surface area contributed by atoms with Gasteiger partial charge in [0.15, 0.2) is 5.16 Å². The van der Waals surface area contributed by atoms with Crippen molar-refractivity contribution in [1.29, 1.82) is 0 Å². The van der Waals surface area contributed by atoms with E-state index in [-0.39, 0.29) is 17.2 Å². The van der Waals surface area contributed by atoms with E-state index in [0.29, 0.717) is 0 Å². The topological polar surface area (TPSA) is 56.2 Å². The molecule has 2 atom stereocenters. The Morgan fingerprint density at radius 1 is 1.15 bits per heavy atom. The standard InChI is InChI=1S/C21H23N3O2S/c1-15(17-8-5-4-6-9-17)23-20(25)16(2)27-21-22-12-13-24(21)18-10-7-11-19(14-18)26-3/h4-16H,1-3H3,(H,23,25). The van der Waals surface area contributed by atoms with E-state index in [9.17, 15) is 4.79 Å². The molecule has 140 valence electrons. The maximum absolute atomic E-state index is 12.6. The summed E-state index contributed by atoms with van der Waals surface area (Å²) in [7, 11) is 1.64. The molecule has 27 heavy (non-hydrogen) atoms. The Bertz CT molecular complexity index is 895. The Balaban J connectivity index is 1.68. The molecule has 1 N–H and O–H groups in total. The van der Waals surface area contributed by atoms with Gasteiger partial charge >= 0.3 is 0 Å². The van der Waals surface area contributed by atoms with Gasteiger partial charge in [0.25, 0.3) is 0 Å². The Hall–Kier alpha value is -2.73. The summed E-state index contributed by atoms with van der Waals surface area (Å²) in [6, 6.07) is 17.6. The molecule has 0 saturated heterocycles. The number of rotatable bonds is 7. The van der Waals surface area contributed by atoms with Crippen molar-refractivity contribution in [2.75, 3.05) is 7.11 Å². The summed E-state index contributed by atoms with van der Waals surface area (Å²) in [5.74, 6) is 0.760. The molecule has 6 heteroatoms. The number of thioether (sulfide) groups is 1.